The van der Waals surface area contributed by atoms with E-state index in [1.807, 2.05) is 32.2 Å². The van der Waals surface area contributed by atoms with Crippen molar-refractivity contribution in [2.45, 2.75) is 26.0 Å². The van der Waals surface area contributed by atoms with Crippen molar-refractivity contribution < 1.29 is 18.3 Å². The minimum Gasteiger partial charge on any atom is -0.497 e. The summed E-state index contributed by atoms with van der Waals surface area (Å²) < 4.78 is 39.3. The van der Waals surface area contributed by atoms with Crippen molar-refractivity contribution in [1.29, 1.82) is 0 Å². The molecule has 1 aliphatic carbocycles. The molecule has 0 bridgehead atoms. The van der Waals surface area contributed by atoms with E-state index in [1.165, 1.54) is 16.9 Å². The Labute approximate surface area is 179 Å². The maximum Gasteiger partial charge on any atom is 0.206 e. The second-order valence-corrected chi connectivity index (χ2v) is 7.14. The molecule has 6 nitrogen and oxygen atoms in total. The van der Waals surface area contributed by atoms with E-state index in [4.69, 9.17) is 9.47 Å². The summed E-state index contributed by atoms with van der Waals surface area (Å²) in [4.78, 5) is 14.3. The Kier molecular flexibility index (Phi) is 7.36. The van der Waals surface area contributed by atoms with Gasteiger partial charge in [-0.2, -0.15) is 5.10 Å². The van der Waals surface area contributed by atoms with Gasteiger partial charge in [0, 0.05) is 24.4 Å². The predicted octanol–water partition coefficient (Wildman–Crippen LogP) is 3.72. The molecule has 0 saturated heterocycles. The van der Waals surface area contributed by atoms with Crippen LogP contribution in [0.5, 0.6) is 0 Å². The Hall–Kier alpha value is -3.26. The molecule has 1 aromatic carbocycles. The molecule has 2 aromatic rings. The van der Waals surface area contributed by atoms with Gasteiger partial charge in [-0.1, -0.05) is 12.7 Å². The van der Waals surface area contributed by atoms with Gasteiger partial charge in [0.2, 0.25) is 5.43 Å². The number of ether oxygens (including phenoxy) is 2. The third-order valence-electron chi connectivity index (χ3n) is 4.75. The lowest BCUT2D eigenvalue weighted by molar-refractivity contribution is 0.177. The first kappa shape index (κ1) is 22.4. The maximum absolute atomic E-state index is 13.5. The highest BCUT2D eigenvalue weighted by Crippen LogP contribution is 2.18. The van der Waals surface area contributed by atoms with Crippen molar-refractivity contribution in [2.24, 2.45) is 0 Å². The van der Waals surface area contributed by atoms with Crippen LogP contribution in [0.3, 0.4) is 0 Å². The van der Waals surface area contributed by atoms with Crippen molar-refractivity contribution >= 4 is 0 Å². The van der Waals surface area contributed by atoms with E-state index in [1.54, 1.807) is 0 Å². The van der Waals surface area contributed by atoms with Gasteiger partial charge in [-0.05, 0) is 44.7 Å². The van der Waals surface area contributed by atoms with Gasteiger partial charge in [-0.15, -0.1) is 0 Å². The van der Waals surface area contributed by atoms with E-state index >= 15 is 0 Å². The van der Waals surface area contributed by atoms with Gasteiger partial charge in [0.15, 0.2) is 0 Å². The molecule has 1 heterocycles. The molecule has 164 valence electrons. The van der Waals surface area contributed by atoms with Crippen LogP contribution < -0.4 is 5.43 Å². The number of rotatable bonds is 9. The molecule has 31 heavy (non-hydrogen) atoms. The Morgan fingerprint density at radius 3 is 2.71 bits per heavy atom. The van der Waals surface area contributed by atoms with Crippen LogP contribution >= 0.6 is 0 Å². The number of hydrogen-bond donors (Lipinski definition) is 0. The quantitative estimate of drug-likeness (QED) is 0.569. The van der Waals surface area contributed by atoms with E-state index in [-0.39, 0.29) is 29.5 Å². The monoisotopic (exact) mass is 429 g/mol. The van der Waals surface area contributed by atoms with Crippen molar-refractivity contribution in [3.05, 3.63) is 94.3 Å². The van der Waals surface area contributed by atoms with E-state index in [2.05, 4.69) is 16.6 Å². The highest BCUT2D eigenvalue weighted by Gasteiger charge is 2.16. The predicted molar refractivity (Wildman–Crippen MR) is 114 cm³/mol. The van der Waals surface area contributed by atoms with Crippen LogP contribution in [0.4, 0.5) is 8.78 Å². The third kappa shape index (κ3) is 6.11. The summed E-state index contributed by atoms with van der Waals surface area (Å²) in [6.45, 7) is 6.97. The number of halogens is 2. The van der Waals surface area contributed by atoms with Gasteiger partial charge in [-0.3, -0.25) is 9.69 Å². The minimum absolute atomic E-state index is 0.0602. The standard InChI is InChI=1S/C23H25F2N3O3/c1-4-30-16(2)14-27(3)19-5-7-21(8-6-19)31-15-22-23(29)9-10-28(26-22)20-12-17(24)11-18(25)13-20/h5,7-13,19H,2,4,6,14-15H2,1,3H3. The fourth-order valence-electron chi connectivity index (χ4n) is 3.18. The molecule has 0 saturated carbocycles. The van der Waals surface area contributed by atoms with E-state index in [0.717, 1.165) is 24.6 Å². The van der Waals surface area contributed by atoms with Gasteiger partial charge >= 0.3 is 0 Å². The number of benzene rings is 1. The summed E-state index contributed by atoms with van der Waals surface area (Å²) in [6.07, 6.45) is 7.89. The SMILES string of the molecule is C=C(CN(C)C1C=CC(OCc2nn(-c3cc(F)cc(F)c3)ccc2=O)=CC1)OCC. The molecule has 1 aromatic heterocycles. The van der Waals surface area contributed by atoms with Crippen molar-refractivity contribution in [3.8, 4) is 5.69 Å². The van der Waals surface area contributed by atoms with Gasteiger partial charge in [0.05, 0.1) is 18.8 Å². The molecule has 0 amide bonds. The highest BCUT2D eigenvalue weighted by atomic mass is 19.1. The second kappa shape index (κ2) is 10.2. The number of aromatic nitrogens is 2. The summed E-state index contributed by atoms with van der Waals surface area (Å²) in [7, 11) is 1.99. The topological polar surface area (TPSA) is 56.6 Å². The Balaban J connectivity index is 1.62. The molecule has 0 fully saturated rings. The molecular formula is C23H25F2N3O3. The van der Waals surface area contributed by atoms with Gasteiger partial charge in [-0.25, -0.2) is 13.5 Å². The smallest absolute Gasteiger partial charge is 0.206 e. The molecule has 1 atom stereocenters. The molecule has 0 N–H and O–H groups in total. The molecule has 8 heteroatoms. The Morgan fingerprint density at radius 2 is 2.06 bits per heavy atom. The Morgan fingerprint density at radius 1 is 1.32 bits per heavy atom. The normalized spacial score (nSPS) is 15.6. The molecule has 0 spiro atoms. The summed E-state index contributed by atoms with van der Waals surface area (Å²) >= 11 is 0. The summed E-state index contributed by atoms with van der Waals surface area (Å²) in [5.74, 6) is -0.110. The van der Waals surface area contributed by atoms with E-state index in [0.29, 0.717) is 24.7 Å². The average Bonchev–Trinajstić information content (AvgIpc) is 2.73. The van der Waals surface area contributed by atoms with Crippen molar-refractivity contribution in [3.63, 3.8) is 0 Å². The first-order valence-corrected chi connectivity index (χ1v) is 9.93. The molecule has 1 aliphatic rings. The van der Waals surface area contributed by atoms with E-state index < -0.39 is 11.6 Å². The van der Waals surface area contributed by atoms with Gasteiger partial charge in [0.25, 0.3) is 0 Å². The lowest BCUT2D eigenvalue weighted by atomic mass is 10.1. The van der Waals surface area contributed by atoms with Crippen LogP contribution in [0, 0.1) is 11.6 Å². The van der Waals surface area contributed by atoms with Crippen LogP contribution in [0.25, 0.3) is 5.69 Å². The summed E-state index contributed by atoms with van der Waals surface area (Å²) in [6, 6.07) is 4.51. The van der Waals surface area contributed by atoms with Crippen LogP contribution in [0.2, 0.25) is 0 Å². The molecule has 0 aliphatic heterocycles. The second-order valence-electron chi connectivity index (χ2n) is 7.14. The number of allylic oxidation sites excluding steroid dienone is 1. The van der Waals surface area contributed by atoms with Crippen LogP contribution in [-0.2, 0) is 16.1 Å². The van der Waals surface area contributed by atoms with Gasteiger partial charge in [0.1, 0.15) is 35.5 Å². The average molecular weight is 429 g/mol. The van der Waals surface area contributed by atoms with Crippen LogP contribution in [0.1, 0.15) is 19.0 Å². The first-order chi connectivity index (χ1) is 14.9. The lowest BCUT2D eigenvalue weighted by Crippen LogP contribution is -2.32. The summed E-state index contributed by atoms with van der Waals surface area (Å²) in [5, 5.41) is 4.17. The first-order valence-electron chi connectivity index (χ1n) is 9.93. The zero-order chi connectivity index (χ0) is 22.4. The largest absolute Gasteiger partial charge is 0.497 e. The molecular weight excluding hydrogens is 404 g/mol. The molecule has 0 radical (unpaired) electrons. The lowest BCUT2D eigenvalue weighted by Gasteiger charge is -2.27. The van der Waals surface area contributed by atoms with Crippen molar-refractivity contribution in [2.75, 3.05) is 20.2 Å². The molecule has 1 unspecified atom stereocenters. The zero-order valence-electron chi connectivity index (χ0n) is 17.6. The van der Waals surface area contributed by atoms with Crippen LogP contribution in [0.15, 0.2) is 71.6 Å². The highest BCUT2D eigenvalue weighted by molar-refractivity contribution is 5.32. The maximum atomic E-state index is 13.5. The van der Waals surface area contributed by atoms with E-state index in [9.17, 15) is 13.6 Å². The fraction of sp³-hybridized carbons (Fsp3) is 0.304. The van der Waals surface area contributed by atoms with Crippen molar-refractivity contribution in [1.82, 2.24) is 14.7 Å². The number of nitrogens with zero attached hydrogens (tertiary/aromatic N) is 3. The fourth-order valence-corrected chi connectivity index (χ4v) is 3.18. The Bertz CT molecular complexity index is 1040. The molecule has 3 rings (SSSR count). The van der Waals surface area contributed by atoms with Gasteiger partial charge < -0.3 is 9.47 Å². The number of hydrogen-bond acceptors (Lipinski definition) is 5. The minimum atomic E-state index is -0.727. The van der Waals surface area contributed by atoms with Crippen LogP contribution in [-0.4, -0.2) is 40.9 Å². The number of likely N-dealkylation sites (N-methyl/N-ethyl adjacent to an activating group) is 1. The third-order valence-corrected chi connectivity index (χ3v) is 4.75. The zero-order valence-corrected chi connectivity index (χ0v) is 17.6. The summed E-state index contributed by atoms with van der Waals surface area (Å²) in [5.41, 5.74) is -0.00988.